The molecule has 0 fully saturated rings. The Labute approximate surface area is 200 Å². The Morgan fingerprint density at radius 3 is 2.20 bits per heavy atom. The van der Waals surface area contributed by atoms with Crippen LogP contribution in [-0.2, 0) is 24.0 Å². The van der Waals surface area contributed by atoms with Crippen LogP contribution in [0, 0.1) is 5.41 Å². The summed E-state index contributed by atoms with van der Waals surface area (Å²) in [7, 11) is 0. The molecule has 1 rings (SSSR count). The Hall–Kier alpha value is -4.49. The van der Waals surface area contributed by atoms with Gasteiger partial charge in [0.15, 0.2) is 5.96 Å². The average Bonchev–Trinajstić information content (AvgIpc) is 2.78. The fourth-order valence-corrected chi connectivity index (χ4v) is 2.82. The molecule has 5 amide bonds. The highest BCUT2D eigenvalue weighted by Gasteiger charge is 2.26. The molecule has 0 aliphatic rings. The largest absolute Gasteiger partial charge is 0.481 e. The van der Waals surface area contributed by atoms with E-state index in [-0.39, 0.29) is 24.5 Å². The Kier molecular flexibility index (Phi) is 11.9. The molecule has 0 heterocycles. The zero-order valence-electron chi connectivity index (χ0n) is 19.1. The third kappa shape index (κ3) is 11.8. The van der Waals surface area contributed by atoms with Crippen molar-refractivity contribution in [2.24, 2.45) is 5.73 Å². The molecule has 0 radical (unpaired) electrons. The summed E-state index contributed by atoms with van der Waals surface area (Å²) >= 11 is 0. The second-order valence-electron chi connectivity index (χ2n) is 7.36. The minimum atomic E-state index is -1.58. The Bertz CT molecular complexity index is 953. The van der Waals surface area contributed by atoms with Gasteiger partial charge in [-0.15, -0.1) is 0 Å². The summed E-state index contributed by atoms with van der Waals surface area (Å²) in [6, 6.07) is 5.16. The standard InChI is InChI=1S/C21H29N7O7/c1-12(29)26-14(8-5-9-24-21(22)23)19(34)25-11-16(30)27-15(10-17(31)32)20(35)28-18(33)13-6-3-2-4-7-13/h2-4,6-7,14-15H,5,8-11H2,1H3,(H,25,34)(H,26,29)(H,27,30)(H,31,32)(H4,22,23,24)(H,28,33,35)/t14-,15-/m0/s1. The first-order valence-corrected chi connectivity index (χ1v) is 10.5. The zero-order chi connectivity index (χ0) is 26.4. The molecule has 1 aromatic rings. The van der Waals surface area contributed by atoms with E-state index in [2.05, 4.69) is 21.3 Å². The molecular formula is C21H29N7O7. The van der Waals surface area contributed by atoms with Crippen molar-refractivity contribution in [1.82, 2.24) is 26.6 Å². The van der Waals surface area contributed by atoms with Gasteiger partial charge in [0.25, 0.3) is 5.91 Å². The van der Waals surface area contributed by atoms with Crippen LogP contribution in [0.25, 0.3) is 0 Å². The number of benzene rings is 1. The molecule has 1 aromatic carbocycles. The highest BCUT2D eigenvalue weighted by molar-refractivity contribution is 6.07. The first-order valence-electron chi connectivity index (χ1n) is 10.5. The normalized spacial score (nSPS) is 11.8. The number of carboxylic acid groups (broad SMARTS) is 1. The van der Waals surface area contributed by atoms with Gasteiger partial charge in [-0.3, -0.25) is 39.5 Å². The molecule has 9 N–H and O–H groups in total. The van der Waals surface area contributed by atoms with E-state index in [1.807, 2.05) is 5.32 Å². The van der Waals surface area contributed by atoms with Gasteiger partial charge in [-0.25, -0.2) is 0 Å². The van der Waals surface area contributed by atoms with Crippen molar-refractivity contribution < 1.29 is 33.9 Å². The molecule has 0 bridgehead atoms. The molecule has 0 spiro atoms. The van der Waals surface area contributed by atoms with Crippen molar-refractivity contribution >= 4 is 41.5 Å². The van der Waals surface area contributed by atoms with E-state index in [1.54, 1.807) is 18.2 Å². The monoisotopic (exact) mass is 491 g/mol. The number of hydrogen-bond acceptors (Lipinski definition) is 7. The summed E-state index contributed by atoms with van der Waals surface area (Å²) in [6.07, 6.45) is -0.245. The maximum atomic E-state index is 12.4. The van der Waals surface area contributed by atoms with Crippen molar-refractivity contribution in [1.29, 1.82) is 5.41 Å². The molecule has 0 saturated carbocycles. The highest BCUT2D eigenvalue weighted by atomic mass is 16.4. The lowest BCUT2D eigenvalue weighted by Gasteiger charge is -2.19. The summed E-state index contributed by atoms with van der Waals surface area (Å²) < 4.78 is 0. The molecule has 0 aliphatic heterocycles. The van der Waals surface area contributed by atoms with Crippen LogP contribution in [0.4, 0.5) is 0 Å². The van der Waals surface area contributed by atoms with E-state index in [9.17, 15) is 28.8 Å². The molecule has 35 heavy (non-hydrogen) atoms. The Morgan fingerprint density at radius 2 is 1.63 bits per heavy atom. The summed E-state index contributed by atoms with van der Waals surface area (Å²) in [5, 5.41) is 27.6. The van der Waals surface area contributed by atoms with Gasteiger partial charge in [0.05, 0.1) is 13.0 Å². The van der Waals surface area contributed by atoms with E-state index in [4.69, 9.17) is 16.2 Å². The number of carboxylic acids is 1. The summed E-state index contributed by atoms with van der Waals surface area (Å²) in [5.41, 5.74) is 5.34. The van der Waals surface area contributed by atoms with Gasteiger partial charge in [0.2, 0.25) is 23.6 Å². The van der Waals surface area contributed by atoms with Crippen LogP contribution in [0.5, 0.6) is 0 Å². The SMILES string of the molecule is CC(=O)N[C@@H](CCCNC(=N)N)C(=O)NCC(=O)N[C@@H](CC(=O)O)C(=O)NC(=O)c1ccccc1. The molecule has 190 valence electrons. The fourth-order valence-electron chi connectivity index (χ4n) is 2.82. The average molecular weight is 492 g/mol. The molecule has 2 atom stereocenters. The number of carbonyl (C=O) groups is 6. The first-order chi connectivity index (χ1) is 16.5. The maximum absolute atomic E-state index is 12.4. The van der Waals surface area contributed by atoms with Gasteiger partial charge in [-0.2, -0.15) is 0 Å². The predicted molar refractivity (Wildman–Crippen MR) is 123 cm³/mol. The molecule has 0 unspecified atom stereocenters. The van der Waals surface area contributed by atoms with E-state index in [0.717, 1.165) is 0 Å². The number of carbonyl (C=O) groups excluding carboxylic acids is 5. The van der Waals surface area contributed by atoms with Crippen molar-refractivity contribution in [3.05, 3.63) is 35.9 Å². The lowest BCUT2D eigenvalue weighted by atomic mass is 10.1. The van der Waals surface area contributed by atoms with Crippen LogP contribution >= 0.6 is 0 Å². The summed E-state index contributed by atoms with van der Waals surface area (Å²) in [5.74, 6) is -5.49. The number of imide groups is 1. The molecule has 14 heteroatoms. The van der Waals surface area contributed by atoms with E-state index < -0.39 is 60.6 Å². The van der Waals surface area contributed by atoms with Crippen LogP contribution in [0.2, 0.25) is 0 Å². The van der Waals surface area contributed by atoms with Gasteiger partial charge < -0.3 is 32.1 Å². The second-order valence-corrected chi connectivity index (χ2v) is 7.36. The molecule has 0 aromatic heterocycles. The quantitative estimate of drug-likeness (QED) is 0.0847. The van der Waals surface area contributed by atoms with E-state index >= 15 is 0 Å². The van der Waals surface area contributed by atoms with Gasteiger partial charge >= 0.3 is 5.97 Å². The van der Waals surface area contributed by atoms with Crippen LogP contribution in [0.15, 0.2) is 30.3 Å². The van der Waals surface area contributed by atoms with Gasteiger partial charge in [-0.1, -0.05) is 18.2 Å². The van der Waals surface area contributed by atoms with Crippen molar-refractivity contribution in [2.75, 3.05) is 13.1 Å². The zero-order valence-corrected chi connectivity index (χ0v) is 19.1. The first kappa shape index (κ1) is 28.5. The molecule has 0 aliphatic carbocycles. The predicted octanol–water partition coefficient (Wildman–Crippen LogP) is -2.21. The third-order valence-electron chi connectivity index (χ3n) is 4.41. The van der Waals surface area contributed by atoms with Crippen LogP contribution in [0.3, 0.4) is 0 Å². The van der Waals surface area contributed by atoms with Crippen molar-refractivity contribution in [3.63, 3.8) is 0 Å². The number of rotatable bonds is 13. The summed E-state index contributed by atoms with van der Waals surface area (Å²) in [6.45, 7) is 0.885. The van der Waals surface area contributed by atoms with Crippen molar-refractivity contribution in [3.8, 4) is 0 Å². The van der Waals surface area contributed by atoms with E-state index in [0.29, 0.717) is 6.42 Å². The van der Waals surface area contributed by atoms with Crippen LogP contribution in [0.1, 0.15) is 36.5 Å². The highest BCUT2D eigenvalue weighted by Crippen LogP contribution is 2.01. The number of nitrogens with two attached hydrogens (primary N) is 1. The lowest BCUT2D eigenvalue weighted by Crippen LogP contribution is -2.53. The molecular weight excluding hydrogens is 462 g/mol. The number of amides is 5. The number of guanidine groups is 1. The van der Waals surface area contributed by atoms with Crippen LogP contribution < -0.4 is 32.3 Å². The third-order valence-corrected chi connectivity index (χ3v) is 4.41. The number of nitrogens with one attached hydrogen (secondary N) is 6. The van der Waals surface area contributed by atoms with Crippen molar-refractivity contribution in [2.45, 2.75) is 38.3 Å². The molecule has 0 saturated heterocycles. The van der Waals surface area contributed by atoms with Gasteiger partial charge in [0, 0.05) is 19.0 Å². The minimum Gasteiger partial charge on any atom is -0.481 e. The maximum Gasteiger partial charge on any atom is 0.305 e. The fraction of sp³-hybridized carbons (Fsp3) is 0.381. The smallest absolute Gasteiger partial charge is 0.305 e. The van der Waals surface area contributed by atoms with Gasteiger partial charge in [-0.05, 0) is 25.0 Å². The Morgan fingerprint density at radius 1 is 0.971 bits per heavy atom. The Balaban J connectivity index is 2.67. The van der Waals surface area contributed by atoms with Gasteiger partial charge in [0.1, 0.15) is 12.1 Å². The second kappa shape index (κ2) is 14.6. The van der Waals surface area contributed by atoms with E-state index in [1.165, 1.54) is 19.1 Å². The topological polar surface area (TPSA) is 233 Å². The molecule has 14 nitrogen and oxygen atoms in total. The minimum absolute atomic E-state index is 0.163. The lowest BCUT2D eigenvalue weighted by molar-refractivity contribution is -0.140. The number of hydrogen-bond donors (Lipinski definition) is 8. The number of aliphatic carboxylic acids is 1. The van der Waals surface area contributed by atoms with Crippen LogP contribution in [-0.4, -0.2) is 71.7 Å². The summed E-state index contributed by atoms with van der Waals surface area (Å²) in [4.78, 5) is 71.7.